The Kier molecular flexibility index (Phi) is 6.16. The zero-order valence-corrected chi connectivity index (χ0v) is 16.4. The van der Waals surface area contributed by atoms with Crippen molar-refractivity contribution in [1.82, 2.24) is 5.32 Å². The molecule has 0 spiro atoms. The predicted molar refractivity (Wildman–Crippen MR) is 109 cm³/mol. The molecule has 5 atom stereocenters. The molecule has 0 aliphatic carbocycles. The molecule has 0 radical (unpaired) electrons. The van der Waals surface area contributed by atoms with Crippen LogP contribution in [0, 0.1) is 11.8 Å². The third-order valence-electron chi connectivity index (χ3n) is 6.26. The summed E-state index contributed by atoms with van der Waals surface area (Å²) in [5.74, 6) is 0.395. The summed E-state index contributed by atoms with van der Waals surface area (Å²) in [6.45, 7) is 6.64. The van der Waals surface area contributed by atoms with Gasteiger partial charge < -0.3 is 10.4 Å². The lowest BCUT2D eigenvalue weighted by atomic mass is 9.62. The van der Waals surface area contributed by atoms with Crippen LogP contribution >= 0.6 is 0 Å². The molecule has 2 N–H and O–H groups in total. The number of hydrogen-bond acceptors (Lipinski definition) is 2. The first-order valence-electron chi connectivity index (χ1n) is 10.2. The largest absolute Gasteiger partial charge is 0.389 e. The number of benzene rings is 2. The van der Waals surface area contributed by atoms with Gasteiger partial charge in [-0.2, -0.15) is 0 Å². The highest BCUT2D eigenvalue weighted by atomic mass is 16.3. The zero-order chi connectivity index (χ0) is 18.6. The Morgan fingerprint density at radius 3 is 1.88 bits per heavy atom. The van der Waals surface area contributed by atoms with Gasteiger partial charge in [-0.1, -0.05) is 94.3 Å². The van der Waals surface area contributed by atoms with Crippen LogP contribution in [0.1, 0.15) is 69.7 Å². The van der Waals surface area contributed by atoms with E-state index in [2.05, 4.69) is 86.8 Å². The lowest BCUT2D eigenvalue weighted by Gasteiger charge is -2.53. The maximum atomic E-state index is 12.0. The Morgan fingerprint density at radius 1 is 0.846 bits per heavy atom. The van der Waals surface area contributed by atoms with Crippen LogP contribution in [0.5, 0.6) is 0 Å². The highest BCUT2D eigenvalue weighted by Gasteiger charge is 2.51. The molecule has 2 aromatic rings. The van der Waals surface area contributed by atoms with Crippen LogP contribution in [-0.2, 0) is 0 Å². The van der Waals surface area contributed by atoms with Gasteiger partial charge in [0.15, 0.2) is 0 Å². The molecular weight excluding hydrogens is 318 g/mol. The standard InChI is InChI=1S/C24H33NO/c1-4-12-21-23(20-15-10-7-11-16-20)25-22(19-13-8-6-9-14-19)18(3)24(21,26)17-5-2/h6-11,13-16,18,21-23,25-26H,4-5,12,17H2,1-3H3/t18-,21-,22-,23-,24-/m0/s1. The molecule has 0 unspecified atom stereocenters. The minimum Gasteiger partial charge on any atom is -0.389 e. The van der Waals surface area contributed by atoms with Crippen LogP contribution in [0.25, 0.3) is 0 Å². The molecule has 0 amide bonds. The van der Waals surface area contributed by atoms with Gasteiger partial charge in [-0.05, 0) is 24.0 Å². The van der Waals surface area contributed by atoms with Crippen LogP contribution in [0.2, 0.25) is 0 Å². The van der Waals surface area contributed by atoms with Gasteiger partial charge >= 0.3 is 0 Å². The van der Waals surface area contributed by atoms with Gasteiger partial charge in [0, 0.05) is 23.9 Å². The van der Waals surface area contributed by atoms with Crippen LogP contribution in [-0.4, -0.2) is 10.7 Å². The average molecular weight is 352 g/mol. The third kappa shape index (κ3) is 3.58. The fraction of sp³-hybridized carbons (Fsp3) is 0.500. The average Bonchev–Trinajstić information content (AvgIpc) is 2.68. The van der Waals surface area contributed by atoms with Crippen molar-refractivity contribution in [2.45, 2.75) is 64.1 Å². The predicted octanol–water partition coefficient (Wildman–Crippen LogP) is 5.66. The Bertz CT molecular complexity index is 671. The number of nitrogens with one attached hydrogen (secondary N) is 1. The minimum atomic E-state index is -0.656. The molecule has 140 valence electrons. The van der Waals surface area contributed by atoms with Crippen molar-refractivity contribution in [1.29, 1.82) is 0 Å². The van der Waals surface area contributed by atoms with E-state index < -0.39 is 5.60 Å². The van der Waals surface area contributed by atoms with E-state index in [1.807, 2.05) is 0 Å². The van der Waals surface area contributed by atoms with E-state index in [-0.39, 0.29) is 23.9 Å². The maximum absolute atomic E-state index is 12.0. The number of hydrogen-bond donors (Lipinski definition) is 2. The third-order valence-corrected chi connectivity index (χ3v) is 6.26. The topological polar surface area (TPSA) is 32.3 Å². The van der Waals surface area contributed by atoms with Crippen molar-refractivity contribution in [3.63, 3.8) is 0 Å². The van der Waals surface area contributed by atoms with Gasteiger partial charge in [-0.3, -0.25) is 0 Å². The molecule has 0 saturated carbocycles. The quantitative estimate of drug-likeness (QED) is 0.704. The minimum absolute atomic E-state index is 0.158. The van der Waals surface area contributed by atoms with Crippen LogP contribution in [0.3, 0.4) is 0 Å². The van der Waals surface area contributed by atoms with Crippen LogP contribution < -0.4 is 5.32 Å². The second kappa shape index (κ2) is 8.37. The summed E-state index contributed by atoms with van der Waals surface area (Å²) >= 11 is 0. The van der Waals surface area contributed by atoms with Crippen molar-refractivity contribution in [2.75, 3.05) is 0 Å². The summed E-state index contributed by atoms with van der Waals surface area (Å²) in [6, 6.07) is 21.6. The van der Waals surface area contributed by atoms with E-state index >= 15 is 0 Å². The molecule has 0 aromatic heterocycles. The molecule has 2 aromatic carbocycles. The molecule has 1 aliphatic heterocycles. The van der Waals surface area contributed by atoms with E-state index in [9.17, 15) is 5.11 Å². The first-order valence-corrected chi connectivity index (χ1v) is 10.2. The van der Waals surface area contributed by atoms with Crippen LogP contribution in [0.15, 0.2) is 60.7 Å². The van der Waals surface area contributed by atoms with Crippen molar-refractivity contribution in [2.24, 2.45) is 11.8 Å². The monoisotopic (exact) mass is 351 g/mol. The van der Waals surface area contributed by atoms with E-state index in [0.29, 0.717) is 0 Å². The van der Waals surface area contributed by atoms with Gasteiger partial charge in [0.1, 0.15) is 0 Å². The van der Waals surface area contributed by atoms with E-state index in [0.717, 1.165) is 25.7 Å². The summed E-state index contributed by atoms with van der Waals surface area (Å²) in [6.07, 6.45) is 3.98. The number of aliphatic hydroxyl groups is 1. The highest BCUT2D eigenvalue weighted by Crippen LogP contribution is 2.50. The molecule has 1 fully saturated rings. The molecule has 1 heterocycles. The van der Waals surface area contributed by atoms with Crippen molar-refractivity contribution in [3.05, 3.63) is 71.8 Å². The Labute approximate surface area is 158 Å². The molecule has 26 heavy (non-hydrogen) atoms. The molecule has 0 bridgehead atoms. The van der Waals surface area contributed by atoms with Gasteiger partial charge in [0.2, 0.25) is 0 Å². The van der Waals surface area contributed by atoms with Crippen molar-refractivity contribution < 1.29 is 5.11 Å². The Balaban J connectivity index is 2.06. The second-order valence-electron chi connectivity index (χ2n) is 7.87. The van der Waals surface area contributed by atoms with Crippen molar-refractivity contribution in [3.8, 4) is 0 Å². The van der Waals surface area contributed by atoms with Gasteiger partial charge in [-0.25, -0.2) is 0 Å². The Hall–Kier alpha value is -1.64. The second-order valence-corrected chi connectivity index (χ2v) is 7.87. The van der Waals surface area contributed by atoms with Crippen LogP contribution in [0.4, 0.5) is 0 Å². The maximum Gasteiger partial charge on any atom is 0.0737 e. The first kappa shape index (κ1) is 19.1. The fourth-order valence-electron chi connectivity index (χ4n) is 4.94. The Morgan fingerprint density at radius 2 is 1.38 bits per heavy atom. The van der Waals surface area contributed by atoms with E-state index in [1.54, 1.807) is 0 Å². The zero-order valence-electron chi connectivity index (χ0n) is 16.4. The summed E-state index contributed by atoms with van der Waals surface area (Å²) in [5.41, 5.74) is 1.90. The van der Waals surface area contributed by atoms with Gasteiger partial charge in [-0.15, -0.1) is 0 Å². The van der Waals surface area contributed by atoms with Crippen molar-refractivity contribution >= 4 is 0 Å². The smallest absolute Gasteiger partial charge is 0.0737 e. The van der Waals surface area contributed by atoms with Gasteiger partial charge in [0.05, 0.1) is 5.60 Å². The SMILES string of the molecule is CCC[C@H]1[C@H](c2ccccc2)N[C@H](c2ccccc2)[C@H](C)[C@@]1(O)CCC. The first-order chi connectivity index (χ1) is 12.6. The molecule has 1 saturated heterocycles. The number of piperidine rings is 1. The van der Waals surface area contributed by atoms with E-state index in [4.69, 9.17) is 0 Å². The van der Waals surface area contributed by atoms with E-state index in [1.165, 1.54) is 11.1 Å². The number of rotatable bonds is 6. The summed E-state index contributed by atoms with van der Waals surface area (Å²) in [7, 11) is 0. The summed E-state index contributed by atoms with van der Waals surface area (Å²) in [5, 5.41) is 15.9. The molecule has 2 heteroatoms. The van der Waals surface area contributed by atoms with Gasteiger partial charge in [0.25, 0.3) is 0 Å². The lowest BCUT2D eigenvalue weighted by Crippen LogP contribution is -2.58. The molecular formula is C24H33NO. The summed E-state index contributed by atoms with van der Waals surface area (Å²) in [4.78, 5) is 0. The molecule has 2 nitrogen and oxygen atoms in total. The molecule has 3 rings (SSSR count). The molecule has 1 aliphatic rings. The highest BCUT2D eigenvalue weighted by molar-refractivity contribution is 5.28. The normalized spacial score (nSPS) is 31.7. The lowest BCUT2D eigenvalue weighted by molar-refractivity contribution is -0.125. The summed E-state index contributed by atoms with van der Waals surface area (Å²) < 4.78 is 0. The fourth-order valence-corrected chi connectivity index (χ4v) is 4.94.